The van der Waals surface area contributed by atoms with Gasteiger partial charge in [0, 0.05) is 5.92 Å². The summed E-state index contributed by atoms with van der Waals surface area (Å²) in [5.74, 6) is -4.84. The van der Waals surface area contributed by atoms with Crippen molar-refractivity contribution in [3.63, 3.8) is 0 Å². The Morgan fingerprint density at radius 3 is 2.26 bits per heavy atom. The second-order valence-corrected chi connectivity index (χ2v) is 7.81. The average molecular weight is 336 g/mol. The lowest BCUT2D eigenvalue weighted by atomic mass is 9.78. The summed E-state index contributed by atoms with van der Waals surface area (Å²) < 4.78 is 56.7. The van der Waals surface area contributed by atoms with E-state index in [1.807, 2.05) is 0 Å². The third-order valence-electron chi connectivity index (χ3n) is 6.14. The van der Waals surface area contributed by atoms with Crippen molar-refractivity contribution in [1.29, 1.82) is 0 Å². The Hall–Kier alpha value is -0.280. The number of hydrogen-bond donors (Lipinski definition) is 0. The summed E-state index contributed by atoms with van der Waals surface area (Å²) in [7, 11) is 0. The van der Waals surface area contributed by atoms with Crippen molar-refractivity contribution in [2.45, 2.75) is 96.3 Å². The van der Waals surface area contributed by atoms with Crippen LogP contribution in [-0.4, -0.2) is 18.3 Å². The quantitative estimate of drug-likeness (QED) is 0.431. The molecule has 5 atom stereocenters. The monoisotopic (exact) mass is 336 g/mol. The van der Waals surface area contributed by atoms with Crippen LogP contribution in [0.15, 0.2) is 0 Å². The summed E-state index contributed by atoms with van der Waals surface area (Å²) in [4.78, 5) is 0. The fraction of sp³-hybridized carbons (Fsp3) is 1.00. The molecular formula is C19H32F4. The van der Waals surface area contributed by atoms with Crippen LogP contribution in [0.2, 0.25) is 0 Å². The molecule has 0 amide bonds. The molecule has 2 fully saturated rings. The molecule has 0 heterocycles. The maximum Gasteiger partial charge on any atom is 0.256 e. The lowest BCUT2D eigenvalue weighted by Crippen LogP contribution is -2.44. The highest BCUT2D eigenvalue weighted by Crippen LogP contribution is 2.56. The highest BCUT2D eigenvalue weighted by atomic mass is 19.3. The average Bonchev–Trinajstić information content (AvgIpc) is 2.75. The minimum absolute atomic E-state index is 0.111. The van der Waals surface area contributed by atoms with Crippen molar-refractivity contribution in [3.8, 4) is 0 Å². The predicted octanol–water partition coefficient (Wildman–Crippen LogP) is 6.73. The van der Waals surface area contributed by atoms with E-state index in [9.17, 15) is 17.6 Å². The van der Waals surface area contributed by atoms with E-state index in [4.69, 9.17) is 0 Å². The molecule has 0 saturated heterocycles. The van der Waals surface area contributed by atoms with Gasteiger partial charge in [-0.05, 0) is 37.5 Å². The van der Waals surface area contributed by atoms with Crippen LogP contribution in [0.3, 0.4) is 0 Å². The minimum Gasteiger partial charge on any atom is -0.244 e. The zero-order valence-electron chi connectivity index (χ0n) is 14.5. The molecule has 136 valence electrons. The Kier molecular flexibility index (Phi) is 6.79. The van der Waals surface area contributed by atoms with Crippen molar-refractivity contribution >= 4 is 0 Å². The van der Waals surface area contributed by atoms with Crippen molar-refractivity contribution < 1.29 is 17.6 Å². The number of alkyl halides is 4. The van der Waals surface area contributed by atoms with Crippen LogP contribution in [0.5, 0.6) is 0 Å². The first-order valence-electron chi connectivity index (χ1n) is 9.57. The third kappa shape index (κ3) is 4.22. The Bertz CT molecular complexity index is 351. The fourth-order valence-corrected chi connectivity index (χ4v) is 5.00. The summed E-state index contributed by atoms with van der Waals surface area (Å²) in [5.41, 5.74) is 0. The normalized spacial score (nSPS) is 36.4. The number of fused-ring (bicyclic) bond motifs is 1. The summed E-state index contributed by atoms with van der Waals surface area (Å²) in [5, 5.41) is 0. The maximum absolute atomic E-state index is 14.6. The number of rotatable bonds is 8. The zero-order chi connectivity index (χ0) is 17.0. The van der Waals surface area contributed by atoms with E-state index in [1.165, 1.54) is 0 Å². The molecule has 0 spiro atoms. The second kappa shape index (κ2) is 8.20. The zero-order valence-corrected chi connectivity index (χ0v) is 14.5. The molecule has 2 saturated carbocycles. The Morgan fingerprint density at radius 1 is 1.00 bits per heavy atom. The molecule has 2 rings (SSSR count). The van der Waals surface area contributed by atoms with Crippen LogP contribution in [0, 0.1) is 23.7 Å². The first-order valence-corrected chi connectivity index (χ1v) is 9.57. The molecule has 0 aromatic carbocycles. The van der Waals surface area contributed by atoms with Crippen LogP contribution in [-0.2, 0) is 0 Å². The van der Waals surface area contributed by atoms with Crippen molar-refractivity contribution in [1.82, 2.24) is 0 Å². The van der Waals surface area contributed by atoms with Crippen LogP contribution < -0.4 is 0 Å². The van der Waals surface area contributed by atoms with Gasteiger partial charge in [0.25, 0.3) is 5.92 Å². The van der Waals surface area contributed by atoms with E-state index in [0.717, 1.165) is 38.5 Å². The van der Waals surface area contributed by atoms with E-state index < -0.39 is 30.1 Å². The summed E-state index contributed by atoms with van der Waals surface area (Å²) in [6.07, 6.45) is 4.10. The summed E-state index contributed by atoms with van der Waals surface area (Å²) >= 11 is 0. The van der Waals surface area contributed by atoms with Gasteiger partial charge in [0.05, 0.1) is 5.92 Å². The third-order valence-corrected chi connectivity index (χ3v) is 6.14. The fourth-order valence-electron chi connectivity index (χ4n) is 5.00. The lowest BCUT2D eigenvalue weighted by molar-refractivity contribution is -0.128. The molecule has 0 bridgehead atoms. The molecule has 0 aromatic rings. The van der Waals surface area contributed by atoms with Crippen molar-refractivity contribution in [2.75, 3.05) is 0 Å². The van der Waals surface area contributed by atoms with Crippen LogP contribution in [0.25, 0.3) is 0 Å². The molecule has 0 aliphatic heterocycles. The molecule has 5 unspecified atom stereocenters. The first-order chi connectivity index (χ1) is 10.9. The lowest BCUT2D eigenvalue weighted by Gasteiger charge is -2.34. The van der Waals surface area contributed by atoms with Gasteiger partial charge in [-0.1, -0.05) is 52.4 Å². The Labute approximate surface area is 138 Å². The van der Waals surface area contributed by atoms with E-state index in [1.54, 1.807) is 0 Å². The van der Waals surface area contributed by atoms with E-state index in [0.29, 0.717) is 25.2 Å². The van der Waals surface area contributed by atoms with Gasteiger partial charge in [-0.2, -0.15) is 0 Å². The molecule has 0 radical (unpaired) electrons. The van der Waals surface area contributed by atoms with Gasteiger partial charge < -0.3 is 0 Å². The van der Waals surface area contributed by atoms with Crippen LogP contribution >= 0.6 is 0 Å². The Morgan fingerprint density at radius 2 is 1.65 bits per heavy atom. The molecule has 2 aliphatic carbocycles. The highest BCUT2D eigenvalue weighted by molar-refractivity contribution is 5.04. The van der Waals surface area contributed by atoms with Gasteiger partial charge in [0.15, 0.2) is 0 Å². The van der Waals surface area contributed by atoms with E-state index in [-0.39, 0.29) is 12.3 Å². The first kappa shape index (κ1) is 19.1. The molecule has 23 heavy (non-hydrogen) atoms. The smallest absolute Gasteiger partial charge is 0.244 e. The summed E-state index contributed by atoms with van der Waals surface area (Å²) in [6, 6.07) is 0. The summed E-state index contributed by atoms with van der Waals surface area (Å²) in [6.45, 7) is 4.32. The predicted molar refractivity (Wildman–Crippen MR) is 86.2 cm³/mol. The van der Waals surface area contributed by atoms with Crippen LogP contribution in [0.1, 0.15) is 78.1 Å². The van der Waals surface area contributed by atoms with Crippen molar-refractivity contribution in [3.05, 3.63) is 0 Å². The second-order valence-electron chi connectivity index (χ2n) is 7.81. The van der Waals surface area contributed by atoms with Gasteiger partial charge >= 0.3 is 0 Å². The van der Waals surface area contributed by atoms with Crippen molar-refractivity contribution in [2.24, 2.45) is 23.7 Å². The number of hydrogen-bond acceptors (Lipinski definition) is 0. The molecule has 0 N–H and O–H groups in total. The molecule has 0 nitrogen and oxygen atoms in total. The van der Waals surface area contributed by atoms with E-state index >= 15 is 0 Å². The highest BCUT2D eigenvalue weighted by Gasteiger charge is 2.62. The van der Waals surface area contributed by atoms with Gasteiger partial charge in [0.2, 0.25) is 0 Å². The maximum atomic E-state index is 14.6. The van der Waals surface area contributed by atoms with E-state index in [2.05, 4.69) is 13.8 Å². The molecule has 2 aliphatic rings. The SMILES string of the molecule is CCCC(CCC)CCCC1CC2CCC(F)C(F)C2C1(F)F. The van der Waals surface area contributed by atoms with Crippen LogP contribution in [0.4, 0.5) is 17.6 Å². The van der Waals surface area contributed by atoms with Gasteiger partial charge in [-0.25, -0.2) is 17.6 Å². The number of halogens is 4. The molecular weight excluding hydrogens is 304 g/mol. The Balaban J connectivity index is 1.88. The largest absolute Gasteiger partial charge is 0.256 e. The minimum atomic E-state index is -3.03. The molecule has 0 aromatic heterocycles. The molecule has 4 heteroatoms. The van der Waals surface area contributed by atoms with Gasteiger partial charge in [-0.3, -0.25) is 0 Å². The van der Waals surface area contributed by atoms with Gasteiger partial charge in [0.1, 0.15) is 12.3 Å². The standard InChI is InChI=1S/C19H32F4/c1-3-6-13(7-4-2)8-5-9-15-12-14-10-11-16(20)18(21)17(14)19(15,22)23/h13-18H,3-12H2,1-2H3. The topological polar surface area (TPSA) is 0 Å². The van der Waals surface area contributed by atoms with Gasteiger partial charge in [-0.15, -0.1) is 0 Å².